The van der Waals surface area contributed by atoms with Gasteiger partial charge < -0.3 is 10.1 Å². The quantitative estimate of drug-likeness (QED) is 0.822. The van der Waals surface area contributed by atoms with Crippen molar-refractivity contribution >= 4 is 57.4 Å². The van der Waals surface area contributed by atoms with Crippen molar-refractivity contribution in [1.29, 1.82) is 0 Å². The Morgan fingerprint density at radius 2 is 2.04 bits per heavy atom. The molecule has 1 aromatic carbocycles. The second kappa shape index (κ2) is 8.14. The highest BCUT2D eigenvalue weighted by atomic mass is 35.5. The molecule has 6 nitrogen and oxygen atoms in total. The average Bonchev–Trinajstić information content (AvgIpc) is 2.90. The molecule has 0 bridgehead atoms. The van der Waals surface area contributed by atoms with Crippen LogP contribution in [0.3, 0.4) is 0 Å². The second-order valence-corrected chi connectivity index (χ2v) is 6.02. The van der Waals surface area contributed by atoms with E-state index in [-0.39, 0.29) is 18.9 Å². The number of hydrogen-bond donors (Lipinski definition) is 2. The zero-order valence-corrected chi connectivity index (χ0v) is 14.4. The van der Waals surface area contributed by atoms with E-state index in [1.807, 2.05) is 0 Å². The van der Waals surface area contributed by atoms with Crippen LogP contribution in [0, 0.1) is 0 Å². The monoisotopic (exact) mass is 373 g/mol. The highest BCUT2D eigenvalue weighted by Gasteiger charge is 2.11. The Morgan fingerprint density at radius 3 is 2.74 bits per heavy atom. The number of carbonyl (C=O) groups is 2. The molecule has 0 unspecified atom stereocenters. The smallest absolute Gasteiger partial charge is 0.413 e. The van der Waals surface area contributed by atoms with E-state index in [2.05, 4.69) is 15.6 Å². The van der Waals surface area contributed by atoms with Crippen molar-refractivity contribution in [3.63, 3.8) is 0 Å². The van der Waals surface area contributed by atoms with E-state index in [0.29, 0.717) is 26.6 Å². The first-order chi connectivity index (χ1) is 11.0. The predicted molar refractivity (Wildman–Crippen MR) is 91.6 cm³/mol. The Bertz CT molecular complexity index is 721. The van der Waals surface area contributed by atoms with Gasteiger partial charge in [0, 0.05) is 11.1 Å². The zero-order chi connectivity index (χ0) is 16.8. The first-order valence-electron chi connectivity index (χ1n) is 6.61. The van der Waals surface area contributed by atoms with Crippen LogP contribution >= 0.6 is 34.5 Å². The molecule has 9 heteroatoms. The van der Waals surface area contributed by atoms with Crippen LogP contribution in [0.4, 0.5) is 15.6 Å². The van der Waals surface area contributed by atoms with E-state index >= 15 is 0 Å². The standard InChI is InChI=1S/C14H13Cl2N3O3S/c1-2-22-14(21)19-13-18-9(7-23-13)6-12(20)17-8-3-4-10(15)11(16)5-8/h3-5,7H,2,6H2,1H3,(H,17,20)(H,18,19,21). The van der Waals surface area contributed by atoms with Crippen molar-refractivity contribution in [2.24, 2.45) is 0 Å². The summed E-state index contributed by atoms with van der Waals surface area (Å²) in [4.78, 5) is 27.4. The van der Waals surface area contributed by atoms with Crippen LogP contribution in [0.1, 0.15) is 12.6 Å². The largest absolute Gasteiger partial charge is 0.450 e. The van der Waals surface area contributed by atoms with Gasteiger partial charge in [0.15, 0.2) is 5.13 Å². The van der Waals surface area contributed by atoms with Gasteiger partial charge in [0.2, 0.25) is 5.91 Å². The normalized spacial score (nSPS) is 10.2. The van der Waals surface area contributed by atoms with Crippen molar-refractivity contribution in [3.05, 3.63) is 39.3 Å². The van der Waals surface area contributed by atoms with Crippen LogP contribution in [0.25, 0.3) is 0 Å². The molecule has 2 amide bonds. The summed E-state index contributed by atoms with van der Waals surface area (Å²) in [5.74, 6) is -0.253. The van der Waals surface area contributed by atoms with Gasteiger partial charge in [0.1, 0.15) is 0 Å². The lowest BCUT2D eigenvalue weighted by Crippen LogP contribution is -2.15. The summed E-state index contributed by atoms with van der Waals surface area (Å²) in [6, 6.07) is 4.82. The zero-order valence-electron chi connectivity index (χ0n) is 12.1. The maximum Gasteiger partial charge on any atom is 0.413 e. The Morgan fingerprint density at radius 1 is 1.26 bits per heavy atom. The number of amides is 2. The van der Waals surface area contributed by atoms with E-state index in [1.165, 1.54) is 11.3 Å². The lowest BCUT2D eigenvalue weighted by atomic mass is 10.3. The lowest BCUT2D eigenvalue weighted by Gasteiger charge is -2.05. The molecular formula is C14H13Cl2N3O3S. The minimum atomic E-state index is -0.575. The van der Waals surface area contributed by atoms with Gasteiger partial charge in [0.05, 0.1) is 28.8 Å². The fraction of sp³-hybridized carbons (Fsp3) is 0.214. The van der Waals surface area contributed by atoms with Crippen LogP contribution in [0.15, 0.2) is 23.6 Å². The third-order valence-corrected chi connectivity index (χ3v) is 4.13. The van der Waals surface area contributed by atoms with Crippen LogP contribution in [-0.4, -0.2) is 23.6 Å². The van der Waals surface area contributed by atoms with E-state index in [9.17, 15) is 9.59 Å². The first-order valence-corrected chi connectivity index (χ1v) is 8.24. The number of thiazole rings is 1. The Labute approximate surface area is 146 Å². The minimum Gasteiger partial charge on any atom is -0.450 e. The number of rotatable bonds is 5. The molecule has 0 saturated heterocycles. The molecule has 0 aliphatic carbocycles. The van der Waals surface area contributed by atoms with Gasteiger partial charge >= 0.3 is 6.09 Å². The molecule has 0 fully saturated rings. The number of hydrogen-bond acceptors (Lipinski definition) is 5. The van der Waals surface area contributed by atoms with E-state index < -0.39 is 6.09 Å². The first kappa shape index (κ1) is 17.5. The van der Waals surface area contributed by atoms with Crippen molar-refractivity contribution in [3.8, 4) is 0 Å². The number of halogens is 2. The third kappa shape index (κ3) is 5.38. The molecular weight excluding hydrogens is 361 g/mol. The topological polar surface area (TPSA) is 80.3 Å². The van der Waals surface area contributed by atoms with Gasteiger partial charge in [-0.05, 0) is 25.1 Å². The maximum atomic E-state index is 12.0. The molecule has 0 saturated carbocycles. The molecule has 122 valence electrons. The highest BCUT2D eigenvalue weighted by Crippen LogP contribution is 2.25. The predicted octanol–water partition coefficient (Wildman–Crippen LogP) is 4.20. The summed E-state index contributed by atoms with van der Waals surface area (Å²) in [5.41, 5.74) is 1.09. The number of benzene rings is 1. The molecule has 2 aromatic rings. The lowest BCUT2D eigenvalue weighted by molar-refractivity contribution is -0.115. The number of ether oxygens (including phenoxy) is 1. The van der Waals surface area contributed by atoms with E-state index in [0.717, 1.165) is 0 Å². The summed E-state index contributed by atoms with van der Waals surface area (Å²) >= 11 is 12.9. The molecule has 1 aromatic heterocycles. The molecule has 23 heavy (non-hydrogen) atoms. The number of anilines is 2. The summed E-state index contributed by atoms with van der Waals surface area (Å²) in [7, 11) is 0. The number of nitrogens with zero attached hydrogens (tertiary/aromatic N) is 1. The fourth-order valence-electron chi connectivity index (χ4n) is 1.64. The van der Waals surface area contributed by atoms with Gasteiger partial charge in [-0.25, -0.2) is 9.78 Å². The van der Waals surface area contributed by atoms with E-state index in [4.69, 9.17) is 27.9 Å². The van der Waals surface area contributed by atoms with Gasteiger partial charge in [-0.3, -0.25) is 10.1 Å². The van der Waals surface area contributed by atoms with Crippen molar-refractivity contribution in [2.75, 3.05) is 17.2 Å². The summed E-state index contributed by atoms with van der Waals surface area (Å²) < 4.78 is 4.75. The molecule has 0 radical (unpaired) electrons. The molecule has 0 aliphatic rings. The Balaban J connectivity index is 1.91. The second-order valence-electron chi connectivity index (χ2n) is 4.34. The van der Waals surface area contributed by atoms with Crippen molar-refractivity contribution in [1.82, 2.24) is 4.98 Å². The van der Waals surface area contributed by atoms with E-state index in [1.54, 1.807) is 30.5 Å². The number of carbonyl (C=O) groups excluding carboxylic acids is 2. The minimum absolute atomic E-state index is 0.0707. The summed E-state index contributed by atoms with van der Waals surface area (Å²) in [5, 5.41) is 8.02. The Hall–Kier alpha value is -1.83. The van der Waals surface area contributed by atoms with Gasteiger partial charge in [-0.15, -0.1) is 11.3 Å². The molecule has 1 heterocycles. The third-order valence-electron chi connectivity index (χ3n) is 2.58. The highest BCUT2D eigenvalue weighted by molar-refractivity contribution is 7.13. The van der Waals surface area contributed by atoms with Gasteiger partial charge in [-0.1, -0.05) is 23.2 Å². The molecule has 0 aliphatic heterocycles. The van der Waals surface area contributed by atoms with Gasteiger partial charge in [0.25, 0.3) is 0 Å². The van der Waals surface area contributed by atoms with Crippen LogP contribution in [-0.2, 0) is 16.0 Å². The van der Waals surface area contributed by atoms with Crippen LogP contribution in [0.5, 0.6) is 0 Å². The molecule has 2 rings (SSSR count). The molecule has 2 N–H and O–H groups in total. The summed E-state index contributed by atoms with van der Waals surface area (Å²) in [6.45, 7) is 1.98. The van der Waals surface area contributed by atoms with Crippen molar-refractivity contribution in [2.45, 2.75) is 13.3 Å². The number of nitrogens with one attached hydrogen (secondary N) is 2. The average molecular weight is 374 g/mol. The van der Waals surface area contributed by atoms with Crippen LogP contribution in [0.2, 0.25) is 10.0 Å². The summed E-state index contributed by atoms with van der Waals surface area (Å²) in [6.07, 6.45) is -0.505. The molecule has 0 atom stereocenters. The molecule has 0 spiro atoms. The van der Waals surface area contributed by atoms with Crippen molar-refractivity contribution < 1.29 is 14.3 Å². The fourth-order valence-corrected chi connectivity index (χ4v) is 2.64. The van der Waals surface area contributed by atoms with Crippen LogP contribution < -0.4 is 10.6 Å². The maximum absolute atomic E-state index is 12.0. The Kier molecular flexibility index (Phi) is 6.20. The van der Waals surface area contributed by atoms with Gasteiger partial charge in [-0.2, -0.15) is 0 Å². The SMILES string of the molecule is CCOC(=O)Nc1nc(CC(=O)Nc2ccc(Cl)c(Cl)c2)cs1. The number of aromatic nitrogens is 1.